The van der Waals surface area contributed by atoms with Crippen LogP contribution >= 0.6 is 0 Å². The molecule has 1 aliphatic rings. The molecule has 0 amide bonds. The van der Waals surface area contributed by atoms with Gasteiger partial charge in [-0.25, -0.2) is 9.97 Å². The number of likely N-dealkylation sites (tertiary alicyclic amines) is 1. The van der Waals surface area contributed by atoms with Crippen molar-refractivity contribution in [1.29, 1.82) is 0 Å². The Bertz CT molecular complexity index is 850. The Morgan fingerprint density at radius 3 is 3.11 bits per heavy atom. The summed E-state index contributed by atoms with van der Waals surface area (Å²) in [5, 5.41) is 4.16. The first kappa shape index (κ1) is 17.6. The van der Waals surface area contributed by atoms with E-state index in [2.05, 4.69) is 30.0 Å². The number of aromatic nitrogens is 5. The van der Waals surface area contributed by atoms with E-state index in [1.807, 2.05) is 18.3 Å². The predicted octanol–water partition coefficient (Wildman–Crippen LogP) is 2.22. The van der Waals surface area contributed by atoms with E-state index in [0.29, 0.717) is 36.4 Å². The van der Waals surface area contributed by atoms with E-state index in [1.165, 1.54) is 0 Å². The zero-order valence-corrected chi connectivity index (χ0v) is 15.2. The normalized spacial score (nSPS) is 17.4. The van der Waals surface area contributed by atoms with Crippen LogP contribution in [0.5, 0.6) is 5.88 Å². The van der Waals surface area contributed by atoms with Gasteiger partial charge in [-0.15, -0.1) is 0 Å². The van der Waals surface area contributed by atoms with Gasteiger partial charge in [0.25, 0.3) is 0 Å². The summed E-state index contributed by atoms with van der Waals surface area (Å²) >= 11 is 0. The molecule has 0 spiro atoms. The fourth-order valence-corrected chi connectivity index (χ4v) is 3.25. The van der Waals surface area contributed by atoms with Gasteiger partial charge in [0.05, 0.1) is 24.8 Å². The zero-order chi connectivity index (χ0) is 18.5. The van der Waals surface area contributed by atoms with Crippen molar-refractivity contribution in [3.8, 4) is 17.3 Å². The molecule has 9 heteroatoms. The van der Waals surface area contributed by atoms with Crippen molar-refractivity contribution in [2.24, 2.45) is 0 Å². The van der Waals surface area contributed by atoms with Crippen molar-refractivity contribution in [2.45, 2.75) is 25.4 Å². The quantitative estimate of drug-likeness (QED) is 0.602. The third-order valence-electron chi connectivity index (χ3n) is 4.54. The third kappa shape index (κ3) is 3.99. The minimum atomic E-state index is 0.0888. The number of aromatic amines is 1. The number of hydrogen-bond donors (Lipinski definition) is 1. The van der Waals surface area contributed by atoms with Crippen molar-refractivity contribution >= 4 is 0 Å². The maximum Gasteiger partial charge on any atom is 0.244 e. The molecule has 1 unspecified atom stereocenters. The van der Waals surface area contributed by atoms with E-state index in [1.54, 1.807) is 19.5 Å². The number of ether oxygens (including phenoxy) is 2. The molecule has 0 aliphatic carbocycles. The predicted molar refractivity (Wildman–Crippen MR) is 95.9 cm³/mol. The Kier molecular flexibility index (Phi) is 5.40. The van der Waals surface area contributed by atoms with Gasteiger partial charge in [0.1, 0.15) is 12.4 Å². The summed E-state index contributed by atoms with van der Waals surface area (Å²) < 4.78 is 16.3. The highest BCUT2D eigenvalue weighted by molar-refractivity contribution is 5.60. The molecule has 4 rings (SSSR count). The molecular formula is C18H22N6O3. The molecule has 1 atom stereocenters. The standard InChI is InChI=1S/C18H22N6O3/c1-25-10-11-26-17-13(4-2-6-21-17)16-22-18(27-23-16)14-5-3-9-24(14)12-15-19-7-8-20-15/h2,4,6-8,14H,3,5,9-12H2,1H3,(H,19,20). The van der Waals surface area contributed by atoms with E-state index < -0.39 is 0 Å². The summed E-state index contributed by atoms with van der Waals surface area (Å²) in [5.74, 6) is 2.50. The smallest absolute Gasteiger partial charge is 0.244 e. The molecule has 0 aromatic carbocycles. The van der Waals surface area contributed by atoms with Gasteiger partial charge in [-0.1, -0.05) is 5.16 Å². The molecule has 3 aromatic rings. The molecule has 0 radical (unpaired) electrons. The molecule has 142 valence electrons. The maximum atomic E-state index is 5.68. The van der Waals surface area contributed by atoms with E-state index in [-0.39, 0.29) is 6.04 Å². The van der Waals surface area contributed by atoms with Crippen LogP contribution in [-0.2, 0) is 11.3 Å². The summed E-state index contributed by atoms with van der Waals surface area (Å²) in [7, 11) is 1.63. The molecule has 0 saturated carbocycles. The number of nitrogens with zero attached hydrogens (tertiary/aromatic N) is 5. The van der Waals surface area contributed by atoms with E-state index >= 15 is 0 Å². The van der Waals surface area contributed by atoms with Gasteiger partial charge in [-0.3, -0.25) is 4.90 Å². The van der Waals surface area contributed by atoms with Gasteiger partial charge in [0, 0.05) is 25.7 Å². The molecule has 1 N–H and O–H groups in total. The number of imidazole rings is 1. The van der Waals surface area contributed by atoms with Crippen molar-refractivity contribution in [1.82, 2.24) is 30.0 Å². The largest absolute Gasteiger partial charge is 0.475 e. The molecule has 27 heavy (non-hydrogen) atoms. The molecule has 1 saturated heterocycles. The van der Waals surface area contributed by atoms with Gasteiger partial charge in [0.15, 0.2) is 0 Å². The minimum Gasteiger partial charge on any atom is -0.475 e. The highest BCUT2D eigenvalue weighted by Crippen LogP contribution is 2.34. The first-order valence-corrected chi connectivity index (χ1v) is 8.98. The highest BCUT2D eigenvalue weighted by atomic mass is 16.5. The lowest BCUT2D eigenvalue weighted by molar-refractivity contribution is 0.144. The summed E-state index contributed by atoms with van der Waals surface area (Å²) in [6.45, 7) is 2.59. The molecule has 9 nitrogen and oxygen atoms in total. The molecule has 4 heterocycles. The molecule has 1 fully saturated rings. The van der Waals surface area contributed by atoms with Crippen molar-refractivity contribution in [3.63, 3.8) is 0 Å². The fourth-order valence-electron chi connectivity index (χ4n) is 3.25. The van der Waals surface area contributed by atoms with Crippen LogP contribution in [0, 0.1) is 0 Å². The number of hydrogen-bond acceptors (Lipinski definition) is 8. The van der Waals surface area contributed by atoms with Crippen molar-refractivity contribution in [2.75, 3.05) is 26.9 Å². The van der Waals surface area contributed by atoms with E-state index in [0.717, 1.165) is 31.8 Å². The van der Waals surface area contributed by atoms with Crippen LogP contribution in [0.3, 0.4) is 0 Å². The second-order valence-corrected chi connectivity index (χ2v) is 6.32. The van der Waals surface area contributed by atoms with Crippen LogP contribution < -0.4 is 4.74 Å². The molecular weight excluding hydrogens is 348 g/mol. The van der Waals surface area contributed by atoms with Gasteiger partial charge >= 0.3 is 0 Å². The van der Waals surface area contributed by atoms with E-state index in [9.17, 15) is 0 Å². The maximum absolute atomic E-state index is 5.68. The van der Waals surface area contributed by atoms with Gasteiger partial charge in [-0.2, -0.15) is 4.98 Å². The summed E-state index contributed by atoms with van der Waals surface area (Å²) in [4.78, 5) is 18.7. The second-order valence-electron chi connectivity index (χ2n) is 6.32. The topological polar surface area (TPSA) is 102 Å². The Labute approximate surface area is 156 Å². The van der Waals surface area contributed by atoms with Gasteiger partial charge < -0.3 is 19.0 Å². The second kappa shape index (κ2) is 8.28. The lowest BCUT2D eigenvalue weighted by atomic mass is 10.2. The summed E-state index contributed by atoms with van der Waals surface area (Å²) in [5.41, 5.74) is 0.708. The number of rotatable bonds is 8. The van der Waals surface area contributed by atoms with Gasteiger partial charge in [0.2, 0.25) is 17.6 Å². The SMILES string of the molecule is COCCOc1ncccc1-c1noc(C2CCCN2Cc2ncc[nH]2)n1. The first-order valence-electron chi connectivity index (χ1n) is 8.98. The van der Waals surface area contributed by atoms with Crippen LogP contribution in [0.2, 0.25) is 0 Å². The average molecular weight is 370 g/mol. The Morgan fingerprint density at radius 1 is 1.30 bits per heavy atom. The number of methoxy groups -OCH3 is 1. The van der Waals surface area contributed by atoms with Crippen molar-refractivity contribution < 1.29 is 14.0 Å². The van der Waals surface area contributed by atoms with Crippen LogP contribution in [0.4, 0.5) is 0 Å². The number of pyridine rings is 1. The van der Waals surface area contributed by atoms with Crippen LogP contribution in [0.25, 0.3) is 11.4 Å². The monoisotopic (exact) mass is 370 g/mol. The zero-order valence-electron chi connectivity index (χ0n) is 15.2. The highest BCUT2D eigenvalue weighted by Gasteiger charge is 2.31. The molecule has 0 bridgehead atoms. The van der Waals surface area contributed by atoms with Crippen molar-refractivity contribution in [3.05, 3.63) is 42.4 Å². The number of H-pyrrole nitrogens is 1. The Balaban J connectivity index is 1.51. The van der Waals surface area contributed by atoms with Gasteiger partial charge in [-0.05, 0) is 31.5 Å². The summed E-state index contributed by atoms with van der Waals surface area (Å²) in [6.07, 6.45) is 7.33. The Hall–Kier alpha value is -2.78. The fraction of sp³-hybridized carbons (Fsp3) is 0.444. The van der Waals surface area contributed by atoms with Crippen LogP contribution in [0.15, 0.2) is 35.2 Å². The van der Waals surface area contributed by atoms with E-state index in [4.69, 9.17) is 14.0 Å². The third-order valence-corrected chi connectivity index (χ3v) is 4.54. The lowest BCUT2D eigenvalue weighted by Crippen LogP contribution is -2.23. The molecule has 1 aliphatic heterocycles. The number of nitrogens with one attached hydrogen (secondary N) is 1. The Morgan fingerprint density at radius 2 is 2.26 bits per heavy atom. The van der Waals surface area contributed by atoms with Crippen LogP contribution in [0.1, 0.15) is 30.6 Å². The lowest BCUT2D eigenvalue weighted by Gasteiger charge is -2.19. The average Bonchev–Trinajstić information content (AvgIpc) is 3.44. The first-order chi connectivity index (χ1) is 13.3. The molecule has 3 aromatic heterocycles. The minimum absolute atomic E-state index is 0.0888. The summed E-state index contributed by atoms with van der Waals surface area (Å²) in [6, 6.07) is 3.79. The van der Waals surface area contributed by atoms with Crippen LogP contribution in [-0.4, -0.2) is 56.9 Å².